The number of nitrogens with zero attached hydrogens (tertiary/aromatic N) is 1. The van der Waals surface area contributed by atoms with Crippen molar-refractivity contribution < 1.29 is 9.66 Å². The summed E-state index contributed by atoms with van der Waals surface area (Å²) in [6.07, 6.45) is 0. The number of rotatable bonds is 3. The fourth-order valence-electron chi connectivity index (χ4n) is 1.45. The van der Waals surface area contributed by atoms with Gasteiger partial charge < -0.3 is 10.5 Å². The first-order valence-corrected chi connectivity index (χ1v) is 6.31. The zero-order chi connectivity index (χ0) is 14.0. The third-order valence-electron chi connectivity index (χ3n) is 2.32. The second-order valence-electron chi connectivity index (χ2n) is 3.65. The second kappa shape index (κ2) is 5.46. The van der Waals surface area contributed by atoms with Crippen LogP contribution in [0.2, 0.25) is 5.02 Å². The molecule has 2 aromatic carbocycles. The maximum Gasteiger partial charge on any atom is 0.292 e. The van der Waals surface area contributed by atoms with E-state index in [0.717, 1.165) is 4.47 Å². The SMILES string of the molecule is Nc1cc(Oc2ccc(Br)cc2Cl)ccc1[N+](=O)[O-]. The van der Waals surface area contributed by atoms with Gasteiger partial charge in [-0.25, -0.2) is 0 Å². The Morgan fingerprint density at radius 2 is 2.00 bits per heavy atom. The predicted octanol–water partition coefficient (Wildman–Crippen LogP) is 4.39. The minimum atomic E-state index is -0.550. The van der Waals surface area contributed by atoms with Crippen molar-refractivity contribution in [1.82, 2.24) is 0 Å². The molecule has 2 rings (SSSR count). The quantitative estimate of drug-likeness (QED) is 0.509. The number of nitro benzene ring substituents is 1. The molecule has 98 valence electrons. The van der Waals surface area contributed by atoms with Crippen LogP contribution in [-0.2, 0) is 0 Å². The summed E-state index contributed by atoms with van der Waals surface area (Å²) in [6, 6.07) is 9.28. The monoisotopic (exact) mass is 342 g/mol. The summed E-state index contributed by atoms with van der Waals surface area (Å²) in [7, 11) is 0. The molecule has 0 aromatic heterocycles. The van der Waals surface area contributed by atoms with E-state index in [1.54, 1.807) is 18.2 Å². The first-order valence-electron chi connectivity index (χ1n) is 5.14. The van der Waals surface area contributed by atoms with Gasteiger partial charge in [0.05, 0.1) is 9.95 Å². The summed E-state index contributed by atoms with van der Waals surface area (Å²) in [4.78, 5) is 10.1. The van der Waals surface area contributed by atoms with Crippen molar-refractivity contribution in [3.63, 3.8) is 0 Å². The highest BCUT2D eigenvalue weighted by Gasteiger charge is 2.12. The van der Waals surface area contributed by atoms with Crippen molar-refractivity contribution in [2.75, 3.05) is 5.73 Å². The Labute approximate surface area is 122 Å². The van der Waals surface area contributed by atoms with E-state index in [-0.39, 0.29) is 11.4 Å². The lowest BCUT2D eigenvalue weighted by Gasteiger charge is -2.08. The molecule has 0 amide bonds. The smallest absolute Gasteiger partial charge is 0.292 e. The van der Waals surface area contributed by atoms with E-state index in [2.05, 4.69) is 15.9 Å². The first-order chi connectivity index (χ1) is 8.97. The fraction of sp³-hybridized carbons (Fsp3) is 0. The van der Waals surface area contributed by atoms with Gasteiger partial charge in [0.1, 0.15) is 17.2 Å². The van der Waals surface area contributed by atoms with Gasteiger partial charge in [0.25, 0.3) is 5.69 Å². The van der Waals surface area contributed by atoms with Crippen LogP contribution in [0, 0.1) is 10.1 Å². The molecule has 0 spiro atoms. The molecule has 0 atom stereocenters. The molecular weight excluding hydrogens is 336 g/mol. The van der Waals surface area contributed by atoms with E-state index in [0.29, 0.717) is 16.5 Å². The third-order valence-corrected chi connectivity index (χ3v) is 3.11. The summed E-state index contributed by atoms with van der Waals surface area (Å²) in [5.74, 6) is 0.824. The van der Waals surface area contributed by atoms with Crippen molar-refractivity contribution >= 4 is 38.9 Å². The van der Waals surface area contributed by atoms with Crippen LogP contribution in [0.1, 0.15) is 0 Å². The van der Waals surface area contributed by atoms with Gasteiger partial charge >= 0.3 is 0 Å². The zero-order valence-electron chi connectivity index (χ0n) is 9.47. The molecule has 0 bridgehead atoms. The number of ether oxygens (including phenoxy) is 1. The van der Waals surface area contributed by atoms with Gasteiger partial charge in [-0.05, 0) is 24.3 Å². The Bertz CT molecular complexity index is 649. The van der Waals surface area contributed by atoms with Crippen molar-refractivity contribution in [2.24, 2.45) is 0 Å². The van der Waals surface area contributed by atoms with E-state index in [1.807, 2.05) is 0 Å². The molecule has 0 heterocycles. The number of halogens is 2. The molecule has 0 aliphatic rings. The zero-order valence-corrected chi connectivity index (χ0v) is 11.8. The normalized spacial score (nSPS) is 10.2. The lowest BCUT2D eigenvalue weighted by Crippen LogP contribution is -1.96. The highest BCUT2D eigenvalue weighted by Crippen LogP contribution is 2.34. The van der Waals surface area contributed by atoms with E-state index < -0.39 is 4.92 Å². The maximum absolute atomic E-state index is 10.6. The molecule has 5 nitrogen and oxygen atoms in total. The van der Waals surface area contributed by atoms with Crippen LogP contribution in [0.15, 0.2) is 40.9 Å². The molecule has 19 heavy (non-hydrogen) atoms. The third kappa shape index (κ3) is 3.15. The Morgan fingerprint density at radius 1 is 1.26 bits per heavy atom. The summed E-state index contributed by atoms with van der Waals surface area (Å²) >= 11 is 9.29. The van der Waals surface area contributed by atoms with Gasteiger partial charge in [-0.15, -0.1) is 0 Å². The van der Waals surface area contributed by atoms with Crippen LogP contribution in [0.5, 0.6) is 11.5 Å². The Balaban J connectivity index is 2.29. The van der Waals surface area contributed by atoms with E-state index >= 15 is 0 Å². The Hall–Kier alpha value is -1.79. The van der Waals surface area contributed by atoms with Crippen LogP contribution in [0.3, 0.4) is 0 Å². The maximum atomic E-state index is 10.6. The van der Waals surface area contributed by atoms with Crippen LogP contribution in [-0.4, -0.2) is 4.92 Å². The lowest BCUT2D eigenvalue weighted by atomic mass is 10.2. The Morgan fingerprint density at radius 3 is 2.58 bits per heavy atom. The molecule has 7 heteroatoms. The summed E-state index contributed by atoms with van der Waals surface area (Å²) in [5, 5.41) is 11.1. The summed E-state index contributed by atoms with van der Waals surface area (Å²) < 4.78 is 6.35. The first kappa shape index (κ1) is 13.6. The highest BCUT2D eigenvalue weighted by molar-refractivity contribution is 9.10. The largest absolute Gasteiger partial charge is 0.456 e. The van der Waals surface area contributed by atoms with Crippen LogP contribution in [0.25, 0.3) is 0 Å². The predicted molar refractivity (Wildman–Crippen MR) is 76.7 cm³/mol. The van der Waals surface area contributed by atoms with Crippen molar-refractivity contribution in [1.29, 1.82) is 0 Å². The summed E-state index contributed by atoms with van der Waals surface area (Å²) in [5.41, 5.74) is 5.46. The molecule has 0 fully saturated rings. The fourth-order valence-corrected chi connectivity index (χ4v) is 2.16. The average molecular weight is 344 g/mol. The van der Waals surface area contributed by atoms with Crippen LogP contribution in [0.4, 0.5) is 11.4 Å². The molecule has 0 aliphatic heterocycles. The number of hydrogen-bond donors (Lipinski definition) is 1. The minimum Gasteiger partial charge on any atom is -0.456 e. The van der Waals surface area contributed by atoms with E-state index in [4.69, 9.17) is 22.1 Å². The van der Waals surface area contributed by atoms with Gasteiger partial charge in [-0.1, -0.05) is 27.5 Å². The molecular formula is C12H8BrClN2O3. The molecule has 0 aliphatic carbocycles. The topological polar surface area (TPSA) is 78.4 Å². The van der Waals surface area contributed by atoms with Crippen molar-refractivity contribution in [3.05, 3.63) is 56.0 Å². The van der Waals surface area contributed by atoms with Crippen molar-refractivity contribution in [3.8, 4) is 11.5 Å². The van der Waals surface area contributed by atoms with Gasteiger partial charge in [0.2, 0.25) is 0 Å². The number of anilines is 1. The molecule has 2 N–H and O–H groups in total. The van der Waals surface area contributed by atoms with Gasteiger partial charge in [0.15, 0.2) is 0 Å². The summed E-state index contributed by atoms with van der Waals surface area (Å²) in [6.45, 7) is 0. The number of nitrogens with two attached hydrogens (primary N) is 1. The van der Waals surface area contributed by atoms with Crippen LogP contribution >= 0.6 is 27.5 Å². The molecule has 2 aromatic rings. The standard InChI is InChI=1S/C12H8BrClN2O3/c13-7-1-4-12(9(14)5-7)19-8-2-3-11(16(17)18)10(15)6-8/h1-6H,15H2. The van der Waals surface area contributed by atoms with Crippen molar-refractivity contribution in [2.45, 2.75) is 0 Å². The highest BCUT2D eigenvalue weighted by atomic mass is 79.9. The molecule has 0 saturated heterocycles. The number of nitro groups is 1. The van der Waals surface area contributed by atoms with Gasteiger partial charge in [0, 0.05) is 16.6 Å². The lowest BCUT2D eigenvalue weighted by molar-refractivity contribution is -0.383. The second-order valence-corrected chi connectivity index (χ2v) is 4.98. The molecule has 0 radical (unpaired) electrons. The van der Waals surface area contributed by atoms with Crippen LogP contribution < -0.4 is 10.5 Å². The van der Waals surface area contributed by atoms with Gasteiger partial charge in [-0.2, -0.15) is 0 Å². The van der Waals surface area contributed by atoms with E-state index in [1.165, 1.54) is 18.2 Å². The average Bonchev–Trinajstić information content (AvgIpc) is 2.32. The van der Waals surface area contributed by atoms with Gasteiger partial charge in [-0.3, -0.25) is 10.1 Å². The molecule has 0 unspecified atom stereocenters. The van der Waals surface area contributed by atoms with E-state index in [9.17, 15) is 10.1 Å². The Kier molecular flexibility index (Phi) is 3.92. The number of nitrogen functional groups attached to an aromatic ring is 1. The minimum absolute atomic E-state index is 0.0377. The number of benzene rings is 2. The molecule has 0 saturated carbocycles. The number of hydrogen-bond acceptors (Lipinski definition) is 4.